The van der Waals surface area contributed by atoms with Crippen molar-refractivity contribution in [2.24, 2.45) is 0 Å². The summed E-state index contributed by atoms with van der Waals surface area (Å²) < 4.78 is 0. The van der Waals surface area contributed by atoms with Gasteiger partial charge >= 0.3 is 0 Å². The normalized spacial score (nSPS) is 11.8. The highest BCUT2D eigenvalue weighted by Crippen LogP contribution is 2.24. The highest BCUT2D eigenvalue weighted by Gasteiger charge is 2.25. The first kappa shape index (κ1) is 22.6. The third-order valence-electron chi connectivity index (χ3n) is 4.37. The number of likely N-dealkylation sites (N-methyl/N-ethyl adjacent to an activating group) is 1. The maximum atomic E-state index is 12.9. The minimum absolute atomic E-state index is 0.0979. The number of benzene rings is 2. The first-order chi connectivity index (χ1) is 13.3. The molecule has 0 aromatic heterocycles. The van der Waals surface area contributed by atoms with Gasteiger partial charge in [0.05, 0.1) is 15.8 Å². The van der Waals surface area contributed by atoms with Crippen molar-refractivity contribution in [2.75, 3.05) is 12.8 Å². The van der Waals surface area contributed by atoms with E-state index in [2.05, 4.69) is 29.6 Å². The van der Waals surface area contributed by atoms with E-state index in [1.54, 1.807) is 31.0 Å². The Morgan fingerprint density at radius 2 is 1.71 bits per heavy atom. The van der Waals surface area contributed by atoms with Gasteiger partial charge in [-0.1, -0.05) is 59.1 Å². The predicted octanol–water partition coefficient (Wildman–Crippen LogP) is 4.70. The molecule has 2 aromatic rings. The van der Waals surface area contributed by atoms with Crippen molar-refractivity contribution < 1.29 is 9.59 Å². The molecule has 1 unspecified atom stereocenters. The van der Waals surface area contributed by atoms with Crippen molar-refractivity contribution in [1.82, 2.24) is 10.2 Å². The highest BCUT2D eigenvalue weighted by atomic mass is 35.5. The lowest BCUT2D eigenvalue weighted by Gasteiger charge is -2.28. The molecular formula is C21H24Cl2N2O2S. The van der Waals surface area contributed by atoms with Gasteiger partial charge in [-0.3, -0.25) is 9.59 Å². The standard InChI is InChI=1S/C21H24Cl2N2O2S/c1-14-4-6-16(7-5-14)12-28-13-20(26)25(15(2)21(27)24-3)11-17-8-9-18(22)19(23)10-17/h4-10,15H,11-13H2,1-3H3,(H,24,27). The number of nitrogens with zero attached hydrogens (tertiary/aromatic N) is 1. The second-order valence-corrected chi connectivity index (χ2v) is 8.34. The minimum atomic E-state index is -0.591. The molecule has 0 radical (unpaired) electrons. The lowest BCUT2D eigenvalue weighted by Crippen LogP contribution is -2.47. The number of hydrogen-bond acceptors (Lipinski definition) is 3. The number of thioether (sulfide) groups is 1. The quantitative estimate of drug-likeness (QED) is 0.649. The smallest absolute Gasteiger partial charge is 0.242 e. The molecule has 0 aliphatic heterocycles. The van der Waals surface area contributed by atoms with E-state index in [0.717, 1.165) is 11.3 Å². The summed E-state index contributed by atoms with van der Waals surface area (Å²) in [5, 5.41) is 3.49. The number of carbonyl (C=O) groups is 2. The molecule has 28 heavy (non-hydrogen) atoms. The molecule has 2 amide bonds. The Kier molecular flexibility index (Phi) is 8.67. The summed E-state index contributed by atoms with van der Waals surface area (Å²) in [6.07, 6.45) is 0. The average molecular weight is 439 g/mol. The van der Waals surface area contributed by atoms with E-state index in [1.165, 1.54) is 22.9 Å². The number of nitrogens with one attached hydrogen (secondary N) is 1. The van der Waals surface area contributed by atoms with Crippen molar-refractivity contribution >= 4 is 46.8 Å². The van der Waals surface area contributed by atoms with Crippen molar-refractivity contribution in [3.05, 3.63) is 69.2 Å². The Balaban J connectivity index is 2.06. The lowest BCUT2D eigenvalue weighted by molar-refractivity contribution is -0.138. The second-order valence-electron chi connectivity index (χ2n) is 6.54. The van der Waals surface area contributed by atoms with Crippen LogP contribution in [0, 0.1) is 6.92 Å². The third-order valence-corrected chi connectivity index (χ3v) is 6.09. The Morgan fingerprint density at radius 1 is 1.07 bits per heavy atom. The molecule has 1 N–H and O–H groups in total. The number of rotatable bonds is 8. The van der Waals surface area contributed by atoms with E-state index < -0.39 is 6.04 Å². The molecule has 0 spiro atoms. The highest BCUT2D eigenvalue weighted by molar-refractivity contribution is 7.99. The van der Waals surface area contributed by atoms with Gasteiger partial charge in [-0.05, 0) is 37.1 Å². The molecule has 0 fully saturated rings. The Morgan fingerprint density at radius 3 is 2.32 bits per heavy atom. The van der Waals surface area contributed by atoms with E-state index >= 15 is 0 Å². The van der Waals surface area contributed by atoms with Crippen molar-refractivity contribution in [1.29, 1.82) is 0 Å². The van der Waals surface area contributed by atoms with Gasteiger partial charge in [0.25, 0.3) is 0 Å². The number of aryl methyl sites for hydroxylation is 1. The van der Waals surface area contributed by atoms with Crippen LogP contribution in [-0.4, -0.2) is 35.6 Å². The number of halogens is 2. The monoisotopic (exact) mass is 438 g/mol. The summed E-state index contributed by atoms with van der Waals surface area (Å²) in [7, 11) is 1.56. The zero-order valence-electron chi connectivity index (χ0n) is 16.2. The second kappa shape index (κ2) is 10.7. The van der Waals surface area contributed by atoms with Crippen LogP contribution >= 0.6 is 35.0 Å². The summed E-state index contributed by atoms with van der Waals surface area (Å²) in [6.45, 7) is 4.05. The largest absolute Gasteiger partial charge is 0.357 e. The van der Waals surface area contributed by atoms with Crippen LogP contribution in [0.2, 0.25) is 10.0 Å². The maximum absolute atomic E-state index is 12.9. The van der Waals surface area contributed by atoms with E-state index in [0.29, 0.717) is 10.0 Å². The first-order valence-corrected chi connectivity index (χ1v) is 10.8. The maximum Gasteiger partial charge on any atom is 0.242 e. The lowest BCUT2D eigenvalue weighted by atomic mass is 10.1. The van der Waals surface area contributed by atoms with Gasteiger partial charge in [0.15, 0.2) is 0 Å². The van der Waals surface area contributed by atoms with Crippen LogP contribution in [-0.2, 0) is 21.9 Å². The molecule has 0 aliphatic rings. The van der Waals surface area contributed by atoms with Gasteiger partial charge in [-0.25, -0.2) is 0 Å². The minimum Gasteiger partial charge on any atom is -0.357 e. The molecular weight excluding hydrogens is 415 g/mol. The number of carbonyl (C=O) groups excluding carboxylic acids is 2. The molecule has 2 rings (SSSR count). The SMILES string of the molecule is CNC(=O)C(C)N(Cc1ccc(Cl)c(Cl)c1)C(=O)CSCc1ccc(C)cc1. The summed E-state index contributed by atoms with van der Waals surface area (Å²) in [6, 6.07) is 12.9. The van der Waals surface area contributed by atoms with E-state index in [-0.39, 0.29) is 24.1 Å². The topological polar surface area (TPSA) is 49.4 Å². The zero-order valence-corrected chi connectivity index (χ0v) is 18.5. The molecule has 0 saturated carbocycles. The fourth-order valence-electron chi connectivity index (χ4n) is 2.65. The summed E-state index contributed by atoms with van der Waals surface area (Å²) in [5.74, 6) is 0.716. The van der Waals surface area contributed by atoms with Crippen LogP contribution < -0.4 is 5.32 Å². The van der Waals surface area contributed by atoms with Gasteiger partial charge in [0.1, 0.15) is 6.04 Å². The van der Waals surface area contributed by atoms with E-state index in [4.69, 9.17) is 23.2 Å². The average Bonchev–Trinajstić information content (AvgIpc) is 2.69. The van der Waals surface area contributed by atoms with Crippen molar-refractivity contribution in [3.8, 4) is 0 Å². The molecule has 1 atom stereocenters. The Bertz CT molecular complexity index is 828. The third kappa shape index (κ3) is 6.43. The van der Waals surface area contributed by atoms with Crippen molar-refractivity contribution in [2.45, 2.75) is 32.2 Å². The van der Waals surface area contributed by atoms with Crippen LogP contribution in [0.5, 0.6) is 0 Å². The van der Waals surface area contributed by atoms with Crippen LogP contribution in [0.3, 0.4) is 0 Å². The van der Waals surface area contributed by atoms with Gasteiger partial charge in [0, 0.05) is 19.3 Å². The summed E-state index contributed by atoms with van der Waals surface area (Å²) >= 11 is 13.6. The van der Waals surface area contributed by atoms with Gasteiger partial charge < -0.3 is 10.2 Å². The van der Waals surface area contributed by atoms with Gasteiger partial charge in [-0.2, -0.15) is 0 Å². The van der Waals surface area contributed by atoms with Crippen LogP contribution in [0.25, 0.3) is 0 Å². The van der Waals surface area contributed by atoms with Crippen LogP contribution in [0.1, 0.15) is 23.6 Å². The Hall–Kier alpha value is -1.69. The fourth-order valence-corrected chi connectivity index (χ4v) is 3.84. The molecule has 0 aliphatic carbocycles. The molecule has 7 heteroatoms. The van der Waals surface area contributed by atoms with E-state index in [9.17, 15) is 9.59 Å². The summed E-state index contributed by atoms with van der Waals surface area (Å²) in [4.78, 5) is 26.6. The Labute approximate surface area is 180 Å². The molecule has 0 bridgehead atoms. The zero-order chi connectivity index (χ0) is 20.7. The van der Waals surface area contributed by atoms with Gasteiger partial charge in [0.2, 0.25) is 11.8 Å². The van der Waals surface area contributed by atoms with Gasteiger partial charge in [-0.15, -0.1) is 11.8 Å². The van der Waals surface area contributed by atoms with Crippen molar-refractivity contribution in [3.63, 3.8) is 0 Å². The summed E-state index contributed by atoms with van der Waals surface area (Å²) in [5.41, 5.74) is 3.19. The molecule has 0 saturated heterocycles. The predicted molar refractivity (Wildman–Crippen MR) is 118 cm³/mol. The molecule has 0 heterocycles. The number of hydrogen-bond donors (Lipinski definition) is 1. The van der Waals surface area contributed by atoms with Crippen LogP contribution in [0.15, 0.2) is 42.5 Å². The van der Waals surface area contributed by atoms with E-state index in [1.807, 2.05) is 13.0 Å². The molecule has 4 nitrogen and oxygen atoms in total. The van der Waals surface area contributed by atoms with Crippen LogP contribution in [0.4, 0.5) is 0 Å². The molecule has 150 valence electrons. The molecule has 2 aromatic carbocycles. The number of amides is 2. The first-order valence-electron chi connectivity index (χ1n) is 8.90. The fraction of sp³-hybridized carbons (Fsp3) is 0.333.